The summed E-state index contributed by atoms with van der Waals surface area (Å²) in [6, 6.07) is 4.42. The molecule has 0 unspecified atom stereocenters. The number of fused-ring (bicyclic) bond motifs is 1. The molecule has 0 spiro atoms. The van der Waals surface area contributed by atoms with Gasteiger partial charge in [-0.2, -0.15) is 0 Å². The van der Waals surface area contributed by atoms with Gasteiger partial charge in [0.05, 0.1) is 0 Å². The Morgan fingerprint density at radius 3 is 2.67 bits per heavy atom. The van der Waals surface area contributed by atoms with E-state index < -0.39 is 20.1 Å². The number of nitrogens with zero attached hydrogens (tertiary/aromatic N) is 2. The van der Waals surface area contributed by atoms with E-state index in [4.69, 9.17) is 0 Å². The number of pyridine rings is 1. The van der Waals surface area contributed by atoms with E-state index in [1.165, 1.54) is 16.6 Å². The van der Waals surface area contributed by atoms with Crippen molar-refractivity contribution in [2.75, 3.05) is 9.86 Å². The summed E-state index contributed by atoms with van der Waals surface area (Å²) in [5, 5.41) is 1.27. The number of rotatable bonds is 2. The van der Waals surface area contributed by atoms with Gasteiger partial charge in [-0.05, 0) is 0 Å². The van der Waals surface area contributed by atoms with Crippen LogP contribution >= 0.6 is 20.1 Å². The van der Waals surface area contributed by atoms with Crippen LogP contribution in [0.5, 0.6) is 0 Å². The standard InChI is InChI=1S/C12H17IN2/c1-9(2)11-7-12-10(8-14-11)5-6-15(12)13(3)4/h5-9H,1-4H3. The Bertz CT molecular complexity index is 471. The summed E-state index contributed by atoms with van der Waals surface area (Å²) in [5.74, 6) is 0.508. The molecule has 82 valence electrons. The fraction of sp³-hybridized carbons (Fsp3) is 0.417. The summed E-state index contributed by atoms with van der Waals surface area (Å²) in [4.78, 5) is 9.20. The molecule has 0 bridgehead atoms. The predicted octanol–water partition coefficient (Wildman–Crippen LogP) is 3.69. The molecule has 0 radical (unpaired) electrons. The quantitative estimate of drug-likeness (QED) is 0.610. The molecule has 0 amide bonds. The van der Waals surface area contributed by atoms with E-state index in [-0.39, 0.29) is 0 Å². The second kappa shape index (κ2) is 4.12. The molecule has 2 aromatic rings. The van der Waals surface area contributed by atoms with E-state index >= 15 is 0 Å². The van der Waals surface area contributed by atoms with Crippen molar-refractivity contribution in [3.05, 3.63) is 30.2 Å². The van der Waals surface area contributed by atoms with Gasteiger partial charge in [0.25, 0.3) is 0 Å². The summed E-state index contributed by atoms with van der Waals surface area (Å²) in [6.07, 6.45) is 4.21. The molecule has 0 aliphatic heterocycles. The Labute approximate surface area is 98.4 Å². The number of alkyl halides is 2. The molecule has 0 aliphatic carbocycles. The number of hydrogen-bond acceptors (Lipinski definition) is 1. The van der Waals surface area contributed by atoms with E-state index in [9.17, 15) is 0 Å². The zero-order valence-corrected chi connectivity index (χ0v) is 11.8. The van der Waals surface area contributed by atoms with E-state index in [1.807, 2.05) is 6.20 Å². The molecule has 15 heavy (non-hydrogen) atoms. The molecule has 0 saturated heterocycles. The van der Waals surface area contributed by atoms with E-state index in [0.717, 1.165) is 0 Å². The molecule has 0 aliphatic rings. The molecule has 0 atom stereocenters. The minimum atomic E-state index is -0.959. The van der Waals surface area contributed by atoms with Crippen LogP contribution in [0.4, 0.5) is 0 Å². The number of halogens is 1. The maximum atomic E-state index is 4.48. The van der Waals surface area contributed by atoms with Gasteiger partial charge in [-0.1, -0.05) is 0 Å². The van der Waals surface area contributed by atoms with Crippen LogP contribution in [-0.2, 0) is 0 Å². The molecule has 0 saturated carbocycles. The third-order valence-corrected chi connectivity index (χ3v) is 5.42. The molecule has 2 rings (SSSR count). The average molecular weight is 316 g/mol. The van der Waals surface area contributed by atoms with Crippen LogP contribution in [0, 0.1) is 0 Å². The molecule has 0 fully saturated rings. The van der Waals surface area contributed by atoms with Gasteiger partial charge in [0.2, 0.25) is 0 Å². The Morgan fingerprint density at radius 2 is 2.07 bits per heavy atom. The molecular weight excluding hydrogens is 299 g/mol. The van der Waals surface area contributed by atoms with E-state index in [0.29, 0.717) is 5.92 Å². The van der Waals surface area contributed by atoms with Crippen molar-refractivity contribution in [1.29, 1.82) is 0 Å². The van der Waals surface area contributed by atoms with Crippen LogP contribution in [0.3, 0.4) is 0 Å². The van der Waals surface area contributed by atoms with Gasteiger partial charge in [0, 0.05) is 0 Å². The van der Waals surface area contributed by atoms with Crippen LogP contribution in [0.25, 0.3) is 10.9 Å². The molecular formula is C12H17IN2. The SMILES string of the molecule is CC(C)c1cc2c(ccn2I(C)C)cn1. The first kappa shape index (κ1) is 10.9. The normalized spacial score (nSPS) is 12.5. The summed E-state index contributed by atoms with van der Waals surface area (Å²) in [7, 11) is 0. The van der Waals surface area contributed by atoms with Crippen LogP contribution < -0.4 is 0 Å². The minimum absolute atomic E-state index is 0.508. The first-order valence-corrected chi connectivity index (χ1v) is 10.3. The van der Waals surface area contributed by atoms with Crippen molar-refractivity contribution in [2.24, 2.45) is 0 Å². The van der Waals surface area contributed by atoms with Gasteiger partial charge in [0.1, 0.15) is 0 Å². The fourth-order valence-electron chi connectivity index (χ4n) is 1.62. The Morgan fingerprint density at radius 1 is 1.33 bits per heavy atom. The van der Waals surface area contributed by atoms with Crippen molar-refractivity contribution in [3.63, 3.8) is 0 Å². The van der Waals surface area contributed by atoms with Gasteiger partial charge in [-0.3, -0.25) is 0 Å². The fourth-order valence-corrected chi connectivity index (χ4v) is 3.88. The summed E-state index contributed by atoms with van der Waals surface area (Å²) < 4.78 is 2.45. The molecule has 0 aromatic carbocycles. The zero-order valence-electron chi connectivity index (χ0n) is 9.66. The number of hydrogen-bond donors (Lipinski definition) is 0. The van der Waals surface area contributed by atoms with Crippen LogP contribution in [0.15, 0.2) is 24.5 Å². The van der Waals surface area contributed by atoms with Crippen molar-refractivity contribution in [3.8, 4) is 0 Å². The van der Waals surface area contributed by atoms with Gasteiger partial charge >= 0.3 is 98.6 Å². The Balaban J connectivity index is 2.61. The Hall–Kier alpha value is -0.580. The van der Waals surface area contributed by atoms with Crippen molar-refractivity contribution in [1.82, 2.24) is 7.76 Å². The van der Waals surface area contributed by atoms with Crippen LogP contribution in [0.2, 0.25) is 0 Å². The third-order valence-electron chi connectivity index (χ3n) is 2.50. The van der Waals surface area contributed by atoms with Gasteiger partial charge in [0.15, 0.2) is 0 Å². The second-order valence-corrected chi connectivity index (χ2v) is 9.29. The Kier molecular flexibility index (Phi) is 3.00. The van der Waals surface area contributed by atoms with Crippen molar-refractivity contribution in [2.45, 2.75) is 19.8 Å². The summed E-state index contributed by atoms with van der Waals surface area (Å²) in [5.41, 5.74) is 2.56. The van der Waals surface area contributed by atoms with Gasteiger partial charge in [-0.25, -0.2) is 0 Å². The van der Waals surface area contributed by atoms with E-state index in [2.05, 4.69) is 49.8 Å². The van der Waals surface area contributed by atoms with E-state index in [1.54, 1.807) is 0 Å². The molecule has 2 aromatic heterocycles. The first-order chi connectivity index (χ1) is 7.09. The van der Waals surface area contributed by atoms with Crippen molar-refractivity contribution < 1.29 is 0 Å². The topological polar surface area (TPSA) is 17.8 Å². The summed E-state index contributed by atoms with van der Waals surface area (Å²) >= 11 is -0.959. The number of aromatic nitrogens is 2. The first-order valence-electron chi connectivity index (χ1n) is 5.07. The van der Waals surface area contributed by atoms with Crippen LogP contribution in [-0.4, -0.2) is 17.6 Å². The van der Waals surface area contributed by atoms with Crippen molar-refractivity contribution >= 4 is 31.0 Å². The predicted molar refractivity (Wildman–Crippen MR) is 75.1 cm³/mol. The van der Waals surface area contributed by atoms with Crippen LogP contribution in [0.1, 0.15) is 25.5 Å². The third kappa shape index (κ3) is 2.02. The molecule has 2 heterocycles. The van der Waals surface area contributed by atoms with Gasteiger partial charge in [-0.15, -0.1) is 0 Å². The molecule has 0 N–H and O–H groups in total. The summed E-state index contributed by atoms with van der Waals surface area (Å²) in [6.45, 7) is 4.38. The zero-order chi connectivity index (χ0) is 11.0. The van der Waals surface area contributed by atoms with Gasteiger partial charge < -0.3 is 0 Å². The average Bonchev–Trinajstić information content (AvgIpc) is 2.59. The molecule has 3 heteroatoms. The monoisotopic (exact) mass is 316 g/mol. The second-order valence-electron chi connectivity index (χ2n) is 4.17. The molecule has 2 nitrogen and oxygen atoms in total. The maximum absolute atomic E-state index is 4.48.